The zero-order valence-electron chi connectivity index (χ0n) is 14.7. The first-order valence-corrected chi connectivity index (χ1v) is 18.8. The minimum atomic E-state index is -2.00. The van der Waals surface area contributed by atoms with Crippen molar-refractivity contribution in [3.8, 4) is 0 Å². The molecule has 1 unspecified atom stereocenters. The van der Waals surface area contributed by atoms with Crippen LogP contribution in [0.15, 0.2) is 18.2 Å². The van der Waals surface area contributed by atoms with Crippen molar-refractivity contribution in [2.75, 3.05) is 13.1 Å². The SMILES string of the molecule is CCCN(CCC)C1CCc2ccc[c]([Sn]([CH3])([CH3])[CH3])c2C1. The molecule has 0 radical (unpaired) electrons. The van der Waals surface area contributed by atoms with Crippen molar-refractivity contribution in [3.05, 3.63) is 29.3 Å². The van der Waals surface area contributed by atoms with Gasteiger partial charge in [-0.05, 0) is 0 Å². The van der Waals surface area contributed by atoms with Gasteiger partial charge in [-0.25, -0.2) is 0 Å². The predicted octanol–water partition coefficient (Wildman–Crippen LogP) is 4.21. The molecule has 0 bridgehead atoms. The molecule has 2 heteroatoms. The third-order valence-electron chi connectivity index (χ3n) is 4.81. The average Bonchev–Trinajstić information content (AvgIpc) is 2.45. The van der Waals surface area contributed by atoms with Crippen molar-refractivity contribution in [2.45, 2.75) is 66.8 Å². The van der Waals surface area contributed by atoms with Gasteiger partial charge in [0.2, 0.25) is 0 Å². The van der Waals surface area contributed by atoms with Gasteiger partial charge in [0.05, 0.1) is 0 Å². The fraction of sp³-hybridized carbons (Fsp3) is 0.684. The van der Waals surface area contributed by atoms with E-state index in [9.17, 15) is 0 Å². The van der Waals surface area contributed by atoms with Gasteiger partial charge in [0.1, 0.15) is 0 Å². The topological polar surface area (TPSA) is 3.24 Å². The molecule has 0 spiro atoms. The van der Waals surface area contributed by atoms with Crippen LogP contribution < -0.4 is 3.58 Å². The third kappa shape index (κ3) is 4.25. The molecule has 0 N–H and O–H groups in total. The quantitative estimate of drug-likeness (QED) is 0.654. The molecule has 0 amide bonds. The first-order valence-electron chi connectivity index (χ1n) is 8.82. The second kappa shape index (κ2) is 7.50. The van der Waals surface area contributed by atoms with Crippen molar-refractivity contribution in [2.24, 2.45) is 0 Å². The molecule has 118 valence electrons. The van der Waals surface area contributed by atoms with Crippen LogP contribution in [0.5, 0.6) is 0 Å². The number of fused-ring (bicyclic) bond motifs is 1. The molecule has 1 aromatic rings. The third-order valence-corrected chi connectivity index (χ3v) is 10.8. The van der Waals surface area contributed by atoms with Crippen LogP contribution in [0.2, 0.25) is 14.8 Å². The summed E-state index contributed by atoms with van der Waals surface area (Å²) < 4.78 is 1.78. The van der Waals surface area contributed by atoms with Crippen molar-refractivity contribution in [3.63, 3.8) is 0 Å². The second-order valence-corrected chi connectivity index (χ2v) is 22.0. The predicted molar refractivity (Wildman–Crippen MR) is 97.4 cm³/mol. The van der Waals surface area contributed by atoms with Gasteiger partial charge >= 0.3 is 136 Å². The molecule has 0 aliphatic heterocycles. The number of hydrogen-bond acceptors (Lipinski definition) is 1. The summed E-state index contributed by atoms with van der Waals surface area (Å²) in [4.78, 5) is 10.4. The van der Waals surface area contributed by atoms with Gasteiger partial charge in [-0.2, -0.15) is 0 Å². The Morgan fingerprint density at radius 3 is 2.33 bits per heavy atom. The summed E-state index contributed by atoms with van der Waals surface area (Å²) in [5.41, 5.74) is 3.40. The Morgan fingerprint density at radius 2 is 1.76 bits per heavy atom. The molecule has 0 fully saturated rings. The zero-order valence-corrected chi connectivity index (χ0v) is 17.6. The van der Waals surface area contributed by atoms with Crippen LogP contribution in [0.4, 0.5) is 0 Å². The molecule has 2 rings (SSSR count). The van der Waals surface area contributed by atoms with Crippen LogP contribution in [0.1, 0.15) is 44.2 Å². The number of hydrogen-bond donors (Lipinski definition) is 0. The summed E-state index contributed by atoms with van der Waals surface area (Å²) >= 11 is -2.00. The van der Waals surface area contributed by atoms with E-state index in [0.29, 0.717) is 0 Å². The minimum absolute atomic E-state index is 0.784. The maximum atomic E-state index is 2.76. The van der Waals surface area contributed by atoms with E-state index in [0.717, 1.165) is 6.04 Å². The van der Waals surface area contributed by atoms with E-state index in [2.05, 4.69) is 51.8 Å². The van der Waals surface area contributed by atoms with Crippen molar-refractivity contribution >= 4 is 22.0 Å². The van der Waals surface area contributed by atoms with Gasteiger partial charge in [0.15, 0.2) is 0 Å². The molecule has 0 heterocycles. The molecule has 0 saturated carbocycles. The summed E-state index contributed by atoms with van der Waals surface area (Å²) in [6.07, 6.45) is 6.52. The van der Waals surface area contributed by atoms with Crippen molar-refractivity contribution in [1.29, 1.82) is 0 Å². The van der Waals surface area contributed by atoms with E-state index in [1.807, 2.05) is 0 Å². The van der Waals surface area contributed by atoms with Crippen molar-refractivity contribution in [1.82, 2.24) is 4.90 Å². The summed E-state index contributed by atoms with van der Waals surface area (Å²) in [5.74, 6) is 0. The second-order valence-electron chi connectivity index (χ2n) is 7.63. The van der Waals surface area contributed by atoms with Crippen LogP contribution in [0, 0.1) is 0 Å². The monoisotopic (exact) mass is 395 g/mol. The van der Waals surface area contributed by atoms with E-state index in [4.69, 9.17) is 0 Å². The summed E-state index contributed by atoms with van der Waals surface area (Å²) in [6, 6.07) is 7.93. The number of nitrogens with zero attached hydrogens (tertiary/aromatic N) is 1. The number of aryl methyl sites for hydroxylation is 1. The van der Waals surface area contributed by atoms with Crippen LogP contribution in [-0.4, -0.2) is 42.4 Å². The summed E-state index contributed by atoms with van der Waals surface area (Å²) in [6.45, 7) is 7.18. The molecule has 1 atom stereocenters. The van der Waals surface area contributed by atoms with E-state index < -0.39 is 18.4 Å². The van der Waals surface area contributed by atoms with Gasteiger partial charge in [-0.15, -0.1) is 0 Å². The van der Waals surface area contributed by atoms with E-state index in [-0.39, 0.29) is 0 Å². The van der Waals surface area contributed by atoms with Gasteiger partial charge in [-0.3, -0.25) is 0 Å². The Labute approximate surface area is 136 Å². The maximum absolute atomic E-state index is 2.76. The molecule has 1 aliphatic rings. The van der Waals surface area contributed by atoms with Crippen molar-refractivity contribution < 1.29 is 0 Å². The Balaban J connectivity index is 2.26. The molecule has 1 aliphatic carbocycles. The van der Waals surface area contributed by atoms with Crippen LogP contribution in [-0.2, 0) is 12.8 Å². The molecule has 0 aromatic heterocycles. The zero-order chi connectivity index (χ0) is 15.5. The van der Waals surface area contributed by atoms with Gasteiger partial charge in [0, 0.05) is 0 Å². The van der Waals surface area contributed by atoms with E-state index in [1.165, 1.54) is 45.2 Å². The Kier molecular flexibility index (Phi) is 6.19. The van der Waals surface area contributed by atoms with Gasteiger partial charge in [0.25, 0.3) is 0 Å². The van der Waals surface area contributed by atoms with E-state index >= 15 is 0 Å². The standard InChI is InChI=1S/C16H24N.3CH3.Sn/c1-3-11-17(12-4-2)16-10-9-14-7-5-6-8-15(14)13-16;;;;/h5-7,16H,3-4,9-13H2,1-2H3;3*1H3;. The first-order chi connectivity index (χ1) is 9.97. The Morgan fingerprint density at radius 1 is 1.10 bits per heavy atom. The van der Waals surface area contributed by atoms with Crippen LogP contribution in [0.25, 0.3) is 0 Å². The van der Waals surface area contributed by atoms with Gasteiger partial charge < -0.3 is 0 Å². The fourth-order valence-corrected chi connectivity index (χ4v) is 8.87. The molecular formula is C19H33NSn. The molecule has 21 heavy (non-hydrogen) atoms. The van der Waals surface area contributed by atoms with Crippen LogP contribution >= 0.6 is 0 Å². The number of rotatable bonds is 6. The first kappa shape index (κ1) is 17.3. The summed E-state index contributed by atoms with van der Waals surface area (Å²) in [7, 11) is 0. The normalized spacial score (nSPS) is 18.9. The van der Waals surface area contributed by atoms with Gasteiger partial charge in [-0.1, -0.05) is 0 Å². The molecule has 1 nitrogen and oxygen atoms in total. The number of benzene rings is 1. The molecule has 0 saturated heterocycles. The average molecular weight is 394 g/mol. The Hall–Kier alpha value is -0.0213. The van der Waals surface area contributed by atoms with Crippen LogP contribution in [0.3, 0.4) is 0 Å². The molecule has 1 aromatic carbocycles. The molecular weight excluding hydrogens is 361 g/mol. The van der Waals surface area contributed by atoms with E-state index in [1.54, 1.807) is 14.7 Å². The fourth-order valence-electron chi connectivity index (χ4n) is 3.84. The Bertz CT molecular complexity index is 455. The summed E-state index contributed by atoms with van der Waals surface area (Å²) in [5, 5.41) is 0.